The summed E-state index contributed by atoms with van der Waals surface area (Å²) in [5.41, 5.74) is 1.96. The SMILES string of the molecule is CCN(CC)S(=O)(=O)c1cccc(C(=O)Nc2nc(-c3ccc(Br)cc3)cs2)c1. The normalized spacial score (nSPS) is 11.6. The fraction of sp³-hybridized carbons (Fsp3) is 0.200. The van der Waals surface area contributed by atoms with Crippen molar-refractivity contribution in [2.45, 2.75) is 18.7 Å². The van der Waals surface area contributed by atoms with Gasteiger partial charge in [0.2, 0.25) is 10.0 Å². The molecule has 1 N–H and O–H groups in total. The zero-order valence-electron chi connectivity index (χ0n) is 15.9. The first-order valence-electron chi connectivity index (χ1n) is 8.98. The summed E-state index contributed by atoms with van der Waals surface area (Å²) in [7, 11) is -3.63. The Morgan fingerprint density at radius 3 is 2.48 bits per heavy atom. The van der Waals surface area contributed by atoms with E-state index in [4.69, 9.17) is 0 Å². The molecule has 2 aromatic carbocycles. The van der Waals surface area contributed by atoms with Gasteiger partial charge in [-0.3, -0.25) is 10.1 Å². The molecule has 6 nitrogen and oxygen atoms in total. The molecule has 0 fully saturated rings. The van der Waals surface area contributed by atoms with Crippen molar-refractivity contribution in [1.29, 1.82) is 0 Å². The minimum absolute atomic E-state index is 0.101. The summed E-state index contributed by atoms with van der Waals surface area (Å²) < 4.78 is 27.7. The number of halogens is 1. The number of nitrogens with zero attached hydrogens (tertiary/aromatic N) is 2. The van der Waals surface area contributed by atoms with E-state index in [2.05, 4.69) is 26.2 Å². The molecule has 0 spiro atoms. The fourth-order valence-corrected chi connectivity index (χ4v) is 5.25. The van der Waals surface area contributed by atoms with Gasteiger partial charge in [-0.25, -0.2) is 13.4 Å². The third-order valence-corrected chi connectivity index (χ3v) is 7.64. The zero-order valence-corrected chi connectivity index (χ0v) is 19.1. The minimum atomic E-state index is -3.63. The van der Waals surface area contributed by atoms with Crippen molar-refractivity contribution >= 4 is 48.3 Å². The van der Waals surface area contributed by atoms with Crippen LogP contribution in [0.15, 0.2) is 63.3 Å². The molecule has 0 aliphatic carbocycles. The van der Waals surface area contributed by atoms with Crippen molar-refractivity contribution in [2.75, 3.05) is 18.4 Å². The molecule has 0 aliphatic rings. The van der Waals surface area contributed by atoms with Crippen molar-refractivity contribution in [3.05, 3.63) is 63.9 Å². The van der Waals surface area contributed by atoms with E-state index in [1.807, 2.05) is 29.6 Å². The van der Waals surface area contributed by atoms with Crippen LogP contribution in [0, 0.1) is 0 Å². The predicted molar refractivity (Wildman–Crippen MR) is 120 cm³/mol. The molecule has 29 heavy (non-hydrogen) atoms. The van der Waals surface area contributed by atoms with E-state index in [9.17, 15) is 13.2 Å². The molecule has 0 radical (unpaired) electrons. The van der Waals surface area contributed by atoms with Gasteiger partial charge < -0.3 is 0 Å². The molecule has 1 aromatic heterocycles. The monoisotopic (exact) mass is 493 g/mol. The van der Waals surface area contributed by atoms with Gasteiger partial charge in [-0.1, -0.05) is 48.0 Å². The van der Waals surface area contributed by atoms with Gasteiger partial charge in [0, 0.05) is 34.1 Å². The van der Waals surface area contributed by atoms with E-state index in [0.29, 0.717) is 18.2 Å². The standard InChI is InChI=1S/C20H20BrN3O3S2/c1-3-24(4-2)29(26,27)17-7-5-6-15(12-17)19(25)23-20-22-18(13-28-20)14-8-10-16(21)11-9-14/h5-13H,3-4H2,1-2H3,(H,22,23,25). The summed E-state index contributed by atoms with van der Waals surface area (Å²) in [5.74, 6) is -0.404. The van der Waals surface area contributed by atoms with Crippen molar-refractivity contribution in [3.63, 3.8) is 0 Å². The average Bonchev–Trinajstić information content (AvgIpc) is 3.17. The van der Waals surface area contributed by atoms with Crippen LogP contribution in [0.2, 0.25) is 0 Å². The van der Waals surface area contributed by atoms with E-state index in [1.165, 1.54) is 27.8 Å². The maximum atomic E-state index is 12.7. The van der Waals surface area contributed by atoms with Crippen LogP contribution < -0.4 is 5.32 Å². The third-order valence-electron chi connectivity index (χ3n) is 4.30. The number of amides is 1. The maximum absolute atomic E-state index is 12.7. The first-order valence-corrected chi connectivity index (χ1v) is 12.1. The Balaban J connectivity index is 1.79. The summed E-state index contributed by atoms with van der Waals surface area (Å²) in [6.07, 6.45) is 0. The summed E-state index contributed by atoms with van der Waals surface area (Å²) in [5, 5.41) is 5.06. The van der Waals surface area contributed by atoms with Gasteiger partial charge in [-0.05, 0) is 30.3 Å². The number of carbonyl (C=O) groups is 1. The number of rotatable bonds is 7. The zero-order chi connectivity index (χ0) is 21.0. The second kappa shape index (κ2) is 9.17. The van der Waals surface area contributed by atoms with Crippen LogP contribution >= 0.6 is 27.3 Å². The van der Waals surface area contributed by atoms with Crippen LogP contribution in [0.25, 0.3) is 11.3 Å². The lowest BCUT2D eigenvalue weighted by Crippen LogP contribution is -2.30. The average molecular weight is 494 g/mol. The van der Waals surface area contributed by atoms with Crippen LogP contribution in [0.3, 0.4) is 0 Å². The van der Waals surface area contributed by atoms with Crippen molar-refractivity contribution in [2.24, 2.45) is 0 Å². The molecule has 0 aliphatic heterocycles. The number of hydrogen-bond donors (Lipinski definition) is 1. The molecule has 0 bridgehead atoms. The lowest BCUT2D eigenvalue weighted by Gasteiger charge is -2.18. The Hall–Kier alpha value is -2.07. The first kappa shape index (κ1) is 21.6. The highest BCUT2D eigenvalue weighted by molar-refractivity contribution is 9.10. The van der Waals surface area contributed by atoms with Crippen molar-refractivity contribution in [3.8, 4) is 11.3 Å². The van der Waals surface area contributed by atoms with Crippen LogP contribution in [0.4, 0.5) is 5.13 Å². The van der Waals surface area contributed by atoms with Crippen molar-refractivity contribution < 1.29 is 13.2 Å². The summed E-state index contributed by atoms with van der Waals surface area (Å²) in [6.45, 7) is 4.30. The Labute approximate surface area is 182 Å². The molecule has 3 aromatic rings. The van der Waals surface area contributed by atoms with Crippen LogP contribution in [-0.2, 0) is 10.0 Å². The third kappa shape index (κ3) is 4.92. The molecular weight excluding hydrogens is 474 g/mol. The number of benzene rings is 2. The van der Waals surface area contributed by atoms with E-state index < -0.39 is 15.9 Å². The Bertz CT molecular complexity index is 1110. The smallest absolute Gasteiger partial charge is 0.257 e. The Morgan fingerprint density at radius 2 is 1.83 bits per heavy atom. The van der Waals surface area contributed by atoms with Gasteiger partial charge in [0.15, 0.2) is 5.13 Å². The number of sulfonamides is 1. The van der Waals surface area contributed by atoms with E-state index in [-0.39, 0.29) is 10.5 Å². The second-order valence-corrected chi connectivity index (χ2v) is 9.83. The topological polar surface area (TPSA) is 79.4 Å². The highest BCUT2D eigenvalue weighted by atomic mass is 79.9. The number of hydrogen-bond acceptors (Lipinski definition) is 5. The maximum Gasteiger partial charge on any atom is 0.257 e. The molecule has 0 saturated heterocycles. The number of nitrogens with one attached hydrogen (secondary N) is 1. The van der Waals surface area contributed by atoms with Gasteiger partial charge in [0.25, 0.3) is 5.91 Å². The molecule has 152 valence electrons. The van der Waals surface area contributed by atoms with Gasteiger partial charge >= 0.3 is 0 Å². The van der Waals surface area contributed by atoms with Gasteiger partial charge in [-0.15, -0.1) is 11.3 Å². The molecule has 3 rings (SSSR count). The number of aromatic nitrogens is 1. The lowest BCUT2D eigenvalue weighted by atomic mass is 10.2. The molecule has 0 unspecified atom stereocenters. The Kier molecular flexibility index (Phi) is 6.84. The molecule has 1 heterocycles. The highest BCUT2D eigenvalue weighted by Crippen LogP contribution is 2.26. The van der Waals surface area contributed by atoms with Crippen LogP contribution in [-0.4, -0.2) is 36.7 Å². The summed E-state index contributed by atoms with van der Waals surface area (Å²) in [6, 6.07) is 13.8. The Morgan fingerprint density at radius 1 is 1.14 bits per heavy atom. The number of thiazole rings is 1. The molecular formula is C20H20BrN3O3S2. The lowest BCUT2D eigenvalue weighted by molar-refractivity contribution is 0.102. The molecule has 1 amide bonds. The molecule has 9 heteroatoms. The molecule has 0 atom stereocenters. The summed E-state index contributed by atoms with van der Waals surface area (Å²) in [4.78, 5) is 17.2. The largest absolute Gasteiger partial charge is 0.298 e. The van der Waals surface area contributed by atoms with E-state index >= 15 is 0 Å². The summed E-state index contributed by atoms with van der Waals surface area (Å²) >= 11 is 4.71. The van der Waals surface area contributed by atoms with Gasteiger partial charge in [0.1, 0.15) is 0 Å². The number of anilines is 1. The number of carbonyl (C=O) groups excluding carboxylic acids is 1. The van der Waals surface area contributed by atoms with E-state index in [0.717, 1.165) is 15.7 Å². The minimum Gasteiger partial charge on any atom is -0.298 e. The predicted octanol–water partition coefficient (Wildman–Crippen LogP) is 4.86. The van der Waals surface area contributed by atoms with Gasteiger partial charge in [0.05, 0.1) is 10.6 Å². The van der Waals surface area contributed by atoms with E-state index in [1.54, 1.807) is 26.0 Å². The molecule has 0 saturated carbocycles. The van der Waals surface area contributed by atoms with Gasteiger partial charge in [-0.2, -0.15) is 4.31 Å². The highest BCUT2D eigenvalue weighted by Gasteiger charge is 2.22. The first-order chi connectivity index (χ1) is 13.8. The van der Waals surface area contributed by atoms with Crippen molar-refractivity contribution in [1.82, 2.24) is 9.29 Å². The second-order valence-electron chi connectivity index (χ2n) is 6.12. The fourth-order valence-electron chi connectivity index (χ4n) is 2.76. The quantitative estimate of drug-likeness (QED) is 0.509. The van der Waals surface area contributed by atoms with Crippen LogP contribution in [0.1, 0.15) is 24.2 Å². The van der Waals surface area contributed by atoms with Crippen LogP contribution in [0.5, 0.6) is 0 Å².